The molecule has 1 saturated heterocycles. The van der Waals surface area contributed by atoms with Gasteiger partial charge in [-0.3, -0.25) is 9.69 Å². The summed E-state index contributed by atoms with van der Waals surface area (Å²) in [5.41, 5.74) is 5.16. The Morgan fingerprint density at radius 2 is 2.27 bits per heavy atom. The maximum atomic E-state index is 12.4. The van der Waals surface area contributed by atoms with Crippen LogP contribution in [0.1, 0.15) is 42.0 Å². The van der Waals surface area contributed by atoms with E-state index >= 15 is 0 Å². The Morgan fingerprint density at radius 1 is 1.42 bits per heavy atom. The molecule has 5 rings (SSSR count). The number of rotatable bonds is 4. The average molecular weight is 350 g/mol. The lowest BCUT2D eigenvalue weighted by atomic mass is 9.71. The van der Waals surface area contributed by atoms with Crippen LogP contribution in [0.3, 0.4) is 0 Å². The van der Waals surface area contributed by atoms with E-state index in [0.29, 0.717) is 12.0 Å². The van der Waals surface area contributed by atoms with Crippen LogP contribution < -0.4 is 0 Å². The summed E-state index contributed by atoms with van der Waals surface area (Å²) >= 11 is 0. The van der Waals surface area contributed by atoms with Crippen LogP contribution in [0.15, 0.2) is 24.8 Å². The second kappa shape index (κ2) is 5.98. The molecule has 1 aromatic carbocycles. The van der Waals surface area contributed by atoms with Crippen molar-refractivity contribution in [3.05, 3.63) is 41.6 Å². The van der Waals surface area contributed by atoms with E-state index in [1.165, 1.54) is 42.0 Å². The maximum Gasteiger partial charge on any atom is 0.309 e. The quantitative estimate of drug-likeness (QED) is 0.855. The van der Waals surface area contributed by atoms with Crippen LogP contribution >= 0.6 is 0 Å². The predicted molar refractivity (Wildman–Crippen MR) is 103 cm³/mol. The molecule has 2 aromatic rings. The SMILES string of the molecule is C=Cc1[nH]c2cccc3c2c1C[C@@H]1[C@@H]3C[C@@H](C(=O)OC)CN1CC1CC1. The molecule has 136 valence electrons. The number of aromatic nitrogens is 1. The number of methoxy groups -OCH3 is 1. The van der Waals surface area contributed by atoms with Crippen molar-refractivity contribution in [3.63, 3.8) is 0 Å². The van der Waals surface area contributed by atoms with Gasteiger partial charge in [0.1, 0.15) is 0 Å². The van der Waals surface area contributed by atoms with Gasteiger partial charge in [-0.05, 0) is 54.9 Å². The van der Waals surface area contributed by atoms with Crippen LogP contribution in [-0.4, -0.2) is 42.1 Å². The molecule has 1 saturated carbocycles. The molecule has 1 aromatic heterocycles. The number of hydrogen-bond acceptors (Lipinski definition) is 3. The molecule has 0 unspecified atom stereocenters. The molecular formula is C22H26N2O2. The lowest BCUT2D eigenvalue weighted by Gasteiger charge is -2.46. The molecule has 4 heteroatoms. The molecule has 0 spiro atoms. The molecule has 26 heavy (non-hydrogen) atoms. The van der Waals surface area contributed by atoms with E-state index in [2.05, 4.69) is 34.7 Å². The lowest BCUT2D eigenvalue weighted by molar-refractivity contribution is -0.148. The molecule has 1 N–H and O–H groups in total. The first-order valence-corrected chi connectivity index (χ1v) is 9.77. The number of ether oxygens (including phenoxy) is 1. The fraction of sp³-hybridized carbons (Fsp3) is 0.500. The van der Waals surface area contributed by atoms with Crippen LogP contribution in [0.25, 0.3) is 17.0 Å². The Morgan fingerprint density at radius 3 is 3.00 bits per heavy atom. The first-order chi connectivity index (χ1) is 12.7. The molecule has 1 aliphatic heterocycles. The number of likely N-dealkylation sites (tertiary alicyclic amines) is 1. The van der Waals surface area contributed by atoms with Crippen molar-refractivity contribution in [3.8, 4) is 0 Å². The molecule has 4 nitrogen and oxygen atoms in total. The number of esters is 1. The second-order valence-corrected chi connectivity index (χ2v) is 8.22. The summed E-state index contributed by atoms with van der Waals surface area (Å²) in [6.45, 7) is 5.97. The van der Waals surface area contributed by atoms with Crippen molar-refractivity contribution in [2.45, 2.75) is 37.6 Å². The van der Waals surface area contributed by atoms with Gasteiger partial charge in [0.15, 0.2) is 0 Å². The van der Waals surface area contributed by atoms with Crippen molar-refractivity contribution in [2.75, 3.05) is 20.2 Å². The highest BCUT2D eigenvalue weighted by atomic mass is 16.5. The van der Waals surface area contributed by atoms with E-state index < -0.39 is 0 Å². The Kier molecular flexibility index (Phi) is 3.71. The molecule has 2 fully saturated rings. The number of hydrogen-bond donors (Lipinski definition) is 1. The zero-order chi connectivity index (χ0) is 17.8. The van der Waals surface area contributed by atoms with Crippen molar-refractivity contribution in [2.24, 2.45) is 11.8 Å². The van der Waals surface area contributed by atoms with E-state index in [1.807, 2.05) is 6.08 Å². The highest BCUT2D eigenvalue weighted by molar-refractivity contribution is 5.91. The highest BCUT2D eigenvalue weighted by Crippen LogP contribution is 2.47. The van der Waals surface area contributed by atoms with Crippen molar-refractivity contribution in [1.82, 2.24) is 9.88 Å². The molecular weight excluding hydrogens is 324 g/mol. The third kappa shape index (κ3) is 2.43. The zero-order valence-electron chi connectivity index (χ0n) is 15.3. The average Bonchev–Trinajstić information content (AvgIpc) is 3.41. The van der Waals surface area contributed by atoms with Gasteiger partial charge in [0, 0.05) is 41.6 Å². The van der Waals surface area contributed by atoms with E-state index in [9.17, 15) is 4.79 Å². The van der Waals surface area contributed by atoms with E-state index in [1.54, 1.807) is 0 Å². The number of H-pyrrole nitrogens is 1. The van der Waals surface area contributed by atoms with Crippen LogP contribution in [0, 0.1) is 11.8 Å². The van der Waals surface area contributed by atoms with Gasteiger partial charge in [0.2, 0.25) is 0 Å². The number of carbonyl (C=O) groups excluding carboxylic acids is 1. The van der Waals surface area contributed by atoms with E-state index in [4.69, 9.17) is 4.74 Å². The minimum absolute atomic E-state index is 0.0189. The summed E-state index contributed by atoms with van der Waals surface area (Å²) in [4.78, 5) is 18.5. The van der Waals surface area contributed by atoms with Gasteiger partial charge >= 0.3 is 5.97 Å². The fourth-order valence-electron chi connectivity index (χ4n) is 5.27. The topological polar surface area (TPSA) is 45.3 Å². The lowest BCUT2D eigenvalue weighted by Crippen LogP contribution is -2.52. The number of piperidine rings is 1. The number of carbonyl (C=O) groups is 1. The summed E-state index contributed by atoms with van der Waals surface area (Å²) in [7, 11) is 1.52. The molecule has 2 heterocycles. The molecule has 0 amide bonds. The number of fused-ring (bicyclic) bond motifs is 2. The standard InChI is InChI=1S/C22H26N2O2/c1-3-18-17-10-20-16(15-5-4-6-19(23-18)21(15)17)9-14(22(25)26-2)12-24(20)11-13-7-8-13/h3-6,13-14,16,20,23H,1,7-12H2,2H3/t14-,16-,20-/m1/s1. The summed E-state index contributed by atoms with van der Waals surface area (Å²) in [5, 5.41) is 1.36. The summed E-state index contributed by atoms with van der Waals surface area (Å²) < 4.78 is 5.12. The summed E-state index contributed by atoms with van der Waals surface area (Å²) in [5.74, 6) is 1.14. The Labute approximate surface area is 154 Å². The smallest absolute Gasteiger partial charge is 0.309 e. The molecule has 2 aliphatic carbocycles. The number of benzene rings is 1. The Balaban J connectivity index is 1.60. The van der Waals surface area contributed by atoms with E-state index in [-0.39, 0.29) is 11.9 Å². The molecule has 3 atom stereocenters. The number of nitrogens with zero attached hydrogens (tertiary/aromatic N) is 1. The third-order valence-electron chi connectivity index (χ3n) is 6.66. The van der Waals surface area contributed by atoms with Gasteiger partial charge in [-0.25, -0.2) is 0 Å². The van der Waals surface area contributed by atoms with Gasteiger partial charge in [-0.2, -0.15) is 0 Å². The molecule has 3 aliphatic rings. The normalized spacial score (nSPS) is 28.0. The largest absolute Gasteiger partial charge is 0.469 e. The Bertz CT molecular complexity index is 880. The van der Waals surface area contributed by atoms with Gasteiger partial charge in [0.25, 0.3) is 0 Å². The van der Waals surface area contributed by atoms with Crippen molar-refractivity contribution < 1.29 is 9.53 Å². The predicted octanol–water partition coefficient (Wildman–Crippen LogP) is 3.72. The highest BCUT2D eigenvalue weighted by Gasteiger charge is 2.44. The minimum Gasteiger partial charge on any atom is -0.469 e. The van der Waals surface area contributed by atoms with E-state index in [0.717, 1.165) is 37.5 Å². The Hall–Kier alpha value is -2.07. The van der Waals surface area contributed by atoms with Crippen molar-refractivity contribution >= 4 is 22.9 Å². The van der Waals surface area contributed by atoms with Gasteiger partial charge < -0.3 is 9.72 Å². The first-order valence-electron chi connectivity index (χ1n) is 9.77. The van der Waals surface area contributed by atoms with Gasteiger partial charge in [-0.1, -0.05) is 18.7 Å². The summed E-state index contributed by atoms with van der Waals surface area (Å²) in [6, 6.07) is 7.03. The first kappa shape index (κ1) is 16.1. The van der Waals surface area contributed by atoms with Crippen LogP contribution in [-0.2, 0) is 16.0 Å². The monoisotopic (exact) mass is 350 g/mol. The maximum absolute atomic E-state index is 12.4. The molecule has 0 radical (unpaired) electrons. The van der Waals surface area contributed by atoms with Crippen molar-refractivity contribution in [1.29, 1.82) is 0 Å². The summed E-state index contributed by atoms with van der Waals surface area (Å²) in [6.07, 6.45) is 6.55. The fourth-order valence-corrected chi connectivity index (χ4v) is 5.27. The third-order valence-corrected chi connectivity index (χ3v) is 6.66. The van der Waals surface area contributed by atoms with Gasteiger partial charge in [0.05, 0.1) is 13.0 Å². The number of aromatic amines is 1. The minimum atomic E-state index is -0.0527. The van der Waals surface area contributed by atoms with Crippen LogP contribution in [0.2, 0.25) is 0 Å². The van der Waals surface area contributed by atoms with Gasteiger partial charge in [-0.15, -0.1) is 0 Å². The van der Waals surface area contributed by atoms with Crippen LogP contribution in [0.4, 0.5) is 0 Å². The zero-order valence-corrected chi connectivity index (χ0v) is 15.3. The number of nitrogens with one attached hydrogen (secondary N) is 1. The van der Waals surface area contributed by atoms with Crippen LogP contribution in [0.5, 0.6) is 0 Å². The molecule has 0 bridgehead atoms. The second-order valence-electron chi connectivity index (χ2n) is 8.22.